The molecule has 4 rings (SSSR count). The number of anilines is 1. The highest BCUT2D eigenvalue weighted by molar-refractivity contribution is 7.09. The molecule has 3 atom stereocenters. The van der Waals surface area contributed by atoms with Gasteiger partial charge < -0.3 is 10.1 Å². The van der Waals surface area contributed by atoms with E-state index in [1.807, 2.05) is 19.1 Å². The van der Waals surface area contributed by atoms with Gasteiger partial charge in [-0.15, -0.1) is 11.3 Å². The molecule has 2 aromatic heterocycles. The van der Waals surface area contributed by atoms with Gasteiger partial charge in [-0.1, -0.05) is 0 Å². The summed E-state index contributed by atoms with van der Waals surface area (Å²) in [6.45, 7) is 5.12. The first-order chi connectivity index (χ1) is 11.7. The van der Waals surface area contributed by atoms with Crippen molar-refractivity contribution >= 4 is 22.9 Å². The number of thiazole rings is 1. The molecule has 0 aromatic carbocycles. The van der Waals surface area contributed by atoms with Crippen LogP contribution in [0.5, 0.6) is 0 Å². The van der Waals surface area contributed by atoms with Gasteiger partial charge in [0.05, 0.1) is 37.1 Å². The van der Waals surface area contributed by atoms with Crippen molar-refractivity contribution in [2.45, 2.75) is 19.6 Å². The summed E-state index contributed by atoms with van der Waals surface area (Å²) >= 11 is 1.69. The van der Waals surface area contributed by atoms with Crippen LogP contribution < -0.4 is 5.32 Å². The number of fused-ring (bicyclic) bond motifs is 1. The number of ether oxygens (including phenoxy) is 1. The number of rotatable bonds is 4. The van der Waals surface area contributed by atoms with E-state index in [0.29, 0.717) is 6.61 Å². The lowest BCUT2D eigenvalue weighted by Gasteiger charge is -2.18. The van der Waals surface area contributed by atoms with Gasteiger partial charge >= 0.3 is 0 Å². The summed E-state index contributed by atoms with van der Waals surface area (Å²) in [7, 11) is 0. The molecule has 2 fully saturated rings. The third kappa shape index (κ3) is 3.19. The Labute approximate surface area is 144 Å². The van der Waals surface area contributed by atoms with Gasteiger partial charge in [-0.2, -0.15) is 0 Å². The minimum absolute atomic E-state index is 0.0300. The number of aromatic nitrogens is 2. The Hall–Kier alpha value is -1.83. The van der Waals surface area contributed by atoms with E-state index >= 15 is 0 Å². The second-order valence-corrected chi connectivity index (χ2v) is 7.39. The Morgan fingerprint density at radius 1 is 1.50 bits per heavy atom. The Bertz CT molecular complexity index is 720. The molecule has 0 unspecified atom stereocenters. The maximum atomic E-state index is 12.6. The smallest absolute Gasteiger partial charge is 0.230 e. The number of pyridine rings is 1. The Kier molecular flexibility index (Phi) is 4.30. The number of hydrogen-bond donors (Lipinski definition) is 1. The van der Waals surface area contributed by atoms with Crippen LogP contribution in [-0.2, 0) is 16.1 Å². The molecule has 1 N–H and O–H groups in total. The predicted molar refractivity (Wildman–Crippen MR) is 91.7 cm³/mol. The van der Waals surface area contributed by atoms with E-state index in [1.54, 1.807) is 23.7 Å². The van der Waals surface area contributed by atoms with Gasteiger partial charge in [-0.25, -0.2) is 4.98 Å². The van der Waals surface area contributed by atoms with Gasteiger partial charge in [0.15, 0.2) is 0 Å². The molecule has 0 saturated carbocycles. The summed E-state index contributed by atoms with van der Waals surface area (Å²) in [6.07, 6.45) is 3.51. The number of hydrogen-bond acceptors (Lipinski definition) is 6. The molecule has 24 heavy (non-hydrogen) atoms. The molecule has 4 heterocycles. The fourth-order valence-corrected chi connectivity index (χ4v) is 4.34. The first kappa shape index (κ1) is 15.7. The van der Waals surface area contributed by atoms with Crippen LogP contribution in [0.4, 0.5) is 5.69 Å². The summed E-state index contributed by atoms with van der Waals surface area (Å²) in [5.41, 5.74) is 1.80. The molecule has 0 aliphatic carbocycles. The van der Waals surface area contributed by atoms with Crippen LogP contribution in [0.2, 0.25) is 0 Å². The van der Waals surface area contributed by atoms with Crippen molar-refractivity contribution in [2.75, 3.05) is 25.0 Å². The fraction of sp³-hybridized carbons (Fsp3) is 0.471. The molecular weight excluding hydrogens is 324 g/mol. The normalized spacial score (nSPS) is 26.5. The van der Waals surface area contributed by atoms with E-state index in [-0.39, 0.29) is 23.8 Å². The average molecular weight is 344 g/mol. The molecule has 6 nitrogen and oxygen atoms in total. The van der Waals surface area contributed by atoms with Crippen LogP contribution in [0, 0.1) is 18.8 Å². The molecular formula is C17H20N4O2S. The molecule has 7 heteroatoms. The first-order valence-corrected chi connectivity index (χ1v) is 9.03. The highest BCUT2D eigenvalue weighted by Gasteiger charge is 2.46. The number of nitrogens with zero attached hydrogens (tertiary/aromatic N) is 3. The topological polar surface area (TPSA) is 67.4 Å². The molecule has 0 spiro atoms. The molecule has 0 bridgehead atoms. The van der Waals surface area contributed by atoms with Crippen molar-refractivity contribution in [1.82, 2.24) is 14.9 Å². The van der Waals surface area contributed by atoms with Crippen LogP contribution in [0.25, 0.3) is 0 Å². The van der Waals surface area contributed by atoms with E-state index in [4.69, 9.17) is 4.74 Å². The van der Waals surface area contributed by atoms with Gasteiger partial charge in [0.2, 0.25) is 5.91 Å². The number of nitrogens with one attached hydrogen (secondary N) is 1. The summed E-state index contributed by atoms with van der Waals surface area (Å²) in [5.74, 6) is 0.184. The molecule has 0 radical (unpaired) electrons. The number of carbonyl (C=O) groups excluding carboxylic acids is 1. The van der Waals surface area contributed by atoms with E-state index < -0.39 is 0 Å². The first-order valence-electron chi connectivity index (χ1n) is 8.15. The fourth-order valence-electron chi connectivity index (χ4n) is 3.53. The lowest BCUT2D eigenvalue weighted by Crippen LogP contribution is -2.31. The molecule has 126 valence electrons. The minimum atomic E-state index is -0.0989. The number of carbonyl (C=O) groups is 1. The number of amides is 1. The van der Waals surface area contributed by atoms with Crippen LogP contribution in [0.15, 0.2) is 29.9 Å². The second kappa shape index (κ2) is 6.58. The lowest BCUT2D eigenvalue weighted by molar-refractivity contribution is -0.120. The molecule has 2 aliphatic heterocycles. The highest BCUT2D eigenvalue weighted by atomic mass is 32.1. The Morgan fingerprint density at radius 3 is 3.17 bits per heavy atom. The summed E-state index contributed by atoms with van der Waals surface area (Å²) in [5, 5.41) is 6.16. The van der Waals surface area contributed by atoms with E-state index in [9.17, 15) is 4.79 Å². The third-order valence-electron chi connectivity index (χ3n) is 4.68. The van der Waals surface area contributed by atoms with Gasteiger partial charge in [0.1, 0.15) is 5.01 Å². The SMILES string of the molecule is Cc1csc(CN2C[C@@H]3[C@@H](C(=O)Nc4cccnc4)CO[C@@H]3C2)n1. The zero-order valence-corrected chi connectivity index (χ0v) is 14.3. The molecule has 1 amide bonds. The maximum Gasteiger partial charge on any atom is 0.230 e. The number of aryl methyl sites for hydroxylation is 1. The van der Waals surface area contributed by atoms with Gasteiger partial charge in [-0.3, -0.25) is 14.7 Å². The lowest BCUT2D eigenvalue weighted by atomic mass is 9.92. The zero-order valence-electron chi connectivity index (χ0n) is 13.5. The summed E-state index contributed by atoms with van der Waals surface area (Å²) < 4.78 is 5.89. The third-order valence-corrected chi connectivity index (χ3v) is 5.63. The van der Waals surface area contributed by atoms with Gasteiger partial charge in [0.25, 0.3) is 0 Å². The van der Waals surface area contributed by atoms with Crippen LogP contribution in [-0.4, -0.2) is 46.6 Å². The van der Waals surface area contributed by atoms with Gasteiger partial charge in [-0.05, 0) is 19.1 Å². The quantitative estimate of drug-likeness (QED) is 0.918. The second-order valence-electron chi connectivity index (χ2n) is 6.45. The van der Waals surface area contributed by atoms with Crippen molar-refractivity contribution < 1.29 is 9.53 Å². The largest absolute Gasteiger partial charge is 0.376 e. The minimum Gasteiger partial charge on any atom is -0.376 e. The van der Waals surface area contributed by atoms with E-state index in [0.717, 1.165) is 36.0 Å². The standard InChI is InChI=1S/C17H20N4O2S/c1-11-10-24-16(19-11)8-21-6-13-14(9-23-15(13)7-21)17(22)20-12-3-2-4-18-5-12/h2-5,10,13-15H,6-9H2,1H3,(H,20,22)/t13-,14+,15-/m1/s1. The molecule has 2 aliphatic rings. The summed E-state index contributed by atoms with van der Waals surface area (Å²) in [6, 6.07) is 3.67. The molecule has 2 saturated heterocycles. The number of likely N-dealkylation sites (tertiary alicyclic amines) is 1. The van der Waals surface area contributed by atoms with Crippen molar-refractivity contribution in [3.63, 3.8) is 0 Å². The Morgan fingerprint density at radius 2 is 2.42 bits per heavy atom. The van der Waals surface area contributed by atoms with Gasteiger partial charge in [0, 0.05) is 36.3 Å². The predicted octanol–water partition coefficient (Wildman–Crippen LogP) is 1.93. The highest BCUT2D eigenvalue weighted by Crippen LogP contribution is 2.35. The van der Waals surface area contributed by atoms with Crippen LogP contribution in [0.3, 0.4) is 0 Å². The molecule has 2 aromatic rings. The Balaban J connectivity index is 1.38. The van der Waals surface area contributed by atoms with Crippen molar-refractivity contribution in [1.29, 1.82) is 0 Å². The van der Waals surface area contributed by atoms with E-state index in [1.165, 1.54) is 0 Å². The average Bonchev–Trinajstić information content (AvgIpc) is 3.24. The van der Waals surface area contributed by atoms with Crippen LogP contribution >= 0.6 is 11.3 Å². The zero-order chi connectivity index (χ0) is 16.5. The van der Waals surface area contributed by atoms with E-state index in [2.05, 4.69) is 25.6 Å². The van der Waals surface area contributed by atoms with Crippen molar-refractivity contribution in [3.05, 3.63) is 40.6 Å². The summed E-state index contributed by atoms with van der Waals surface area (Å²) in [4.78, 5) is 23.5. The van der Waals surface area contributed by atoms with Crippen molar-refractivity contribution in [3.8, 4) is 0 Å². The van der Waals surface area contributed by atoms with Crippen molar-refractivity contribution in [2.24, 2.45) is 11.8 Å². The maximum absolute atomic E-state index is 12.6. The van der Waals surface area contributed by atoms with Crippen LogP contribution in [0.1, 0.15) is 10.7 Å². The monoisotopic (exact) mass is 344 g/mol.